The summed E-state index contributed by atoms with van der Waals surface area (Å²) in [7, 11) is 0. The molecular formula is C14H14N2O4. The van der Waals surface area contributed by atoms with Crippen LogP contribution in [-0.4, -0.2) is 15.0 Å². The molecule has 0 unspecified atom stereocenters. The monoisotopic (exact) mass is 274 g/mol. The van der Waals surface area contributed by atoms with Crippen LogP contribution >= 0.6 is 0 Å². The predicted octanol–water partition coefficient (Wildman–Crippen LogP) is 3.14. The van der Waals surface area contributed by atoms with Gasteiger partial charge in [0.1, 0.15) is 0 Å². The van der Waals surface area contributed by atoms with Gasteiger partial charge in [-0.15, -0.1) is 0 Å². The Bertz CT molecular complexity index is 641. The van der Waals surface area contributed by atoms with Gasteiger partial charge in [0.25, 0.3) is 0 Å². The van der Waals surface area contributed by atoms with E-state index in [2.05, 4.69) is 4.98 Å². The summed E-state index contributed by atoms with van der Waals surface area (Å²) < 4.78 is 5.53. The van der Waals surface area contributed by atoms with Crippen molar-refractivity contribution in [1.29, 1.82) is 0 Å². The van der Waals surface area contributed by atoms with E-state index in [0.29, 0.717) is 11.1 Å². The number of hydrogen-bond acceptors (Lipinski definition) is 5. The van der Waals surface area contributed by atoms with Gasteiger partial charge in [-0.2, -0.15) is 0 Å². The van der Waals surface area contributed by atoms with Crippen molar-refractivity contribution in [2.24, 2.45) is 0 Å². The van der Waals surface area contributed by atoms with Gasteiger partial charge in [-0.3, -0.25) is 10.1 Å². The van der Waals surface area contributed by atoms with Gasteiger partial charge in [-0.1, -0.05) is 12.1 Å². The fourth-order valence-electron chi connectivity index (χ4n) is 1.76. The van der Waals surface area contributed by atoms with Crippen molar-refractivity contribution < 1.29 is 14.8 Å². The molecule has 0 aliphatic carbocycles. The van der Waals surface area contributed by atoms with Crippen molar-refractivity contribution in [3.63, 3.8) is 0 Å². The molecule has 6 nitrogen and oxygen atoms in total. The van der Waals surface area contributed by atoms with Gasteiger partial charge in [0, 0.05) is 18.3 Å². The highest BCUT2D eigenvalue weighted by Crippen LogP contribution is 2.34. The lowest BCUT2D eigenvalue weighted by atomic mass is 10.2. The third kappa shape index (κ3) is 2.92. The summed E-state index contributed by atoms with van der Waals surface area (Å²) in [4.78, 5) is 14.5. The first-order valence-electron chi connectivity index (χ1n) is 6.05. The molecule has 2 aromatic rings. The Labute approximate surface area is 115 Å². The van der Waals surface area contributed by atoms with Crippen LogP contribution in [0.1, 0.15) is 24.2 Å². The van der Waals surface area contributed by atoms with E-state index in [1.165, 1.54) is 12.3 Å². The molecule has 0 aliphatic heterocycles. The highest BCUT2D eigenvalue weighted by Gasteiger charge is 2.18. The summed E-state index contributed by atoms with van der Waals surface area (Å²) in [6, 6.07) is 7.91. The number of aliphatic hydroxyl groups is 1. The van der Waals surface area contributed by atoms with Gasteiger partial charge < -0.3 is 9.84 Å². The number of para-hydroxylation sites is 1. The molecule has 6 heteroatoms. The van der Waals surface area contributed by atoms with E-state index in [4.69, 9.17) is 4.74 Å². The Morgan fingerprint density at radius 2 is 2.15 bits per heavy atom. The quantitative estimate of drug-likeness (QED) is 0.683. The van der Waals surface area contributed by atoms with Gasteiger partial charge in [0.15, 0.2) is 0 Å². The van der Waals surface area contributed by atoms with Gasteiger partial charge in [0.05, 0.1) is 11.0 Å². The summed E-state index contributed by atoms with van der Waals surface area (Å²) >= 11 is 0. The maximum absolute atomic E-state index is 11.0. The van der Waals surface area contributed by atoms with Gasteiger partial charge >= 0.3 is 5.69 Å². The Morgan fingerprint density at radius 1 is 1.40 bits per heavy atom. The van der Waals surface area contributed by atoms with E-state index in [1.807, 2.05) is 0 Å². The minimum absolute atomic E-state index is 0.116. The molecular weight excluding hydrogens is 260 g/mol. The lowest BCUT2D eigenvalue weighted by Gasteiger charge is -2.10. The van der Waals surface area contributed by atoms with Crippen LogP contribution in [0.15, 0.2) is 36.5 Å². The summed E-state index contributed by atoms with van der Waals surface area (Å²) in [6.45, 7) is 3.34. The number of pyridine rings is 1. The van der Waals surface area contributed by atoms with Gasteiger partial charge in [0.2, 0.25) is 11.6 Å². The highest BCUT2D eigenvalue weighted by atomic mass is 16.6. The molecule has 0 fully saturated rings. The minimum Gasteiger partial charge on any atom is -0.432 e. The Hall–Kier alpha value is -2.47. The molecule has 1 atom stereocenters. The van der Waals surface area contributed by atoms with E-state index in [-0.39, 0.29) is 17.3 Å². The molecule has 0 bridgehead atoms. The Morgan fingerprint density at radius 3 is 2.80 bits per heavy atom. The first-order chi connectivity index (χ1) is 9.49. The topological polar surface area (TPSA) is 85.5 Å². The Kier molecular flexibility index (Phi) is 3.95. The predicted molar refractivity (Wildman–Crippen MR) is 72.8 cm³/mol. The maximum Gasteiger partial charge on any atom is 0.311 e. The number of aliphatic hydroxyl groups excluding tert-OH is 1. The van der Waals surface area contributed by atoms with E-state index < -0.39 is 11.0 Å². The average molecular weight is 274 g/mol. The zero-order valence-electron chi connectivity index (χ0n) is 11.1. The molecule has 0 spiro atoms. The number of aryl methyl sites for hydroxylation is 1. The molecule has 1 aromatic heterocycles. The van der Waals surface area contributed by atoms with Crippen LogP contribution < -0.4 is 4.74 Å². The summed E-state index contributed by atoms with van der Waals surface area (Å²) in [5.41, 5.74) is 1.16. The summed E-state index contributed by atoms with van der Waals surface area (Å²) in [5.74, 6) is 0.369. The molecule has 0 saturated heterocycles. The van der Waals surface area contributed by atoms with Crippen molar-refractivity contribution in [3.8, 4) is 11.6 Å². The van der Waals surface area contributed by atoms with Gasteiger partial charge in [-0.25, -0.2) is 4.98 Å². The standard InChI is InChI=1S/C14H14N2O4/c1-9-4-3-5-12(16(18)19)14(9)20-13-8-11(10(2)17)6-7-15-13/h3-8,10,17H,1-2H3/t10-/m0/s1. The number of nitro benzene ring substituents is 1. The number of benzene rings is 1. The van der Waals surface area contributed by atoms with E-state index in [0.717, 1.165) is 0 Å². The molecule has 0 saturated carbocycles. The molecule has 1 N–H and O–H groups in total. The second-order valence-corrected chi connectivity index (χ2v) is 4.39. The number of nitrogens with zero attached hydrogens (tertiary/aromatic N) is 2. The fourth-order valence-corrected chi connectivity index (χ4v) is 1.76. The fraction of sp³-hybridized carbons (Fsp3) is 0.214. The van der Waals surface area contributed by atoms with Crippen molar-refractivity contribution in [2.75, 3.05) is 0 Å². The first kappa shape index (κ1) is 14.0. The van der Waals surface area contributed by atoms with Crippen molar-refractivity contribution in [1.82, 2.24) is 4.98 Å². The van der Waals surface area contributed by atoms with Crippen molar-refractivity contribution in [2.45, 2.75) is 20.0 Å². The number of rotatable bonds is 4. The third-order valence-corrected chi connectivity index (χ3v) is 2.84. The van der Waals surface area contributed by atoms with Gasteiger partial charge in [-0.05, 0) is 31.0 Å². The van der Waals surface area contributed by atoms with Crippen LogP contribution in [-0.2, 0) is 0 Å². The summed E-state index contributed by atoms with van der Waals surface area (Å²) in [5, 5.41) is 20.5. The average Bonchev–Trinajstić information content (AvgIpc) is 2.41. The number of ether oxygens (including phenoxy) is 1. The normalized spacial score (nSPS) is 11.9. The van der Waals surface area contributed by atoms with Crippen molar-refractivity contribution in [3.05, 3.63) is 57.8 Å². The zero-order valence-corrected chi connectivity index (χ0v) is 11.1. The zero-order chi connectivity index (χ0) is 14.7. The maximum atomic E-state index is 11.0. The molecule has 1 aromatic carbocycles. The molecule has 0 amide bonds. The molecule has 1 heterocycles. The second kappa shape index (κ2) is 5.66. The molecule has 104 valence electrons. The smallest absolute Gasteiger partial charge is 0.311 e. The van der Waals surface area contributed by atoms with Crippen LogP contribution in [0.5, 0.6) is 11.6 Å². The van der Waals surface area contributed by atoms with Crippen LogP contribution in [0.2, 0.25) is 0 Å². The van der Waals surface area contributed by atoms with Crippen molar-refractivity contribution >= 4 is 5.69 Å². The van der Waals surface area contributed by atoms with E-state index >= 15 is 0 Å². The molecule has 0 radical (unpaired) electrons. The lowest BCUT2D eigenvalue weighted by Crippen LogP contribution is -1.98. The molecule has 2 rings (SSSR count). The van der Waals surface area contributed by atoms with E-state index in [1.54, 1.807) is 38.1 Å². The molecule has 20 heavy (non-hydrogen) atoms. The summed E-state index contributed by atoms with van der Waals surface area (Å²) in [6.07, 6.45) is 0.828. The SMILES string of the molecule is Cc1cccc([N+](=O)[O-])c1Oc1cc([C@H](C)O)ccn1. The minimum atomic E-state index is -0.660. The second-order valence-electron chi connectivity index (χ2n) is 4.39. The lowest BCUT2D eigenvalue weighted by molar-refractivity contribution is -0.385. The highest BCUT2D eigenvalue weighted by molar-refractivity contribution is 5.52. The Balaban J connectivity index is 2.40. The van der Waals surface area contributed by atoms with Crippen LogP contribution in [0.3, 0.4) is 0 Å². The molecule has 0 aliphatic rings. The first-order valence-corrected chi connectivity index (χ1v) is 6.05. The number of aromatic nitrogens is 1. The van der Waals surface area contributed by atoms with Crippen LogP contribution in [0.4, 0.5) is 5.69 Å². The van der Waals surface area contributed by atoms with Crippen LogP contribution in [0, 0.1) is 17.0 Å². The van der Waals surface area contributed by atoms with E-state index in [9.17, 15) is 15.2 Å². The largest absolute Gasteiger partial charge is 0.432 e. The third-order valence-electron chi connectivity index (χ3n) is 2.84. The number of nitro groups is 1. The van der Waals surface area contributed by atoms with Crippen LogP contribution in [0.25, 0.3) is 0 Å². The number of hydrogen-bond donors (Lipinski definition) is 1.